The molecule has 0 aliphatic heterocycles. The van der Waals surface area contributed by atoms with Crippen molar-refractivity contribution < 1.29 is 4.39 Å². The number of benzene rings is 1. The number of rotatable bonds is 1. The van der Waals surface area contributed by atoms with Crippen molar-refractivity contribution in [1.29, 1.82) is 0 Å². The lowest BCUT2D eigenvalue weighted by Crippen LogP contribution is -1.87. The molecule has 0 aliphatic rings. The van der Waals surface area contributed by atoms with Crippen LogP contribution in [0, 0.1) is 12.7 Å². The SMILES string of the molecule is Cc1cc(-c2cc(N)cc(F)c2)sc1Cl. The van der Waals surface area contributed by atoms with Crippen molar-refractivity contribution in [2.75, 3.05) is 5.73 Å². The van der Waals surface area contributed by atoms with Gasteiger partial charge in [0.1, 0.15) is 5.82 Å². The van der Waals surface area contributed by atoms with Gasteiger partial charge in [0, 0.05) is 10.6 Å². The fourth-order valence-electron chi connectivity index (χ4n) is 1.36. The second-order valence-electron chi connectivity index (χ2n) is 3.34. The van der Waals surface area contributed by atoms with Gasteiger partial charge in [-0.3, -0.25) is 0 Å². The first kappa shape index (κ1) is 10.5. The topological polar surface area (TPSA) is 26.0 Å². The molecular formula is C11H9ClFNS. The van der Waals surface area contributed by atoms with E-state index in [2.05, 4.69) is 0 Å². The Labute approximate surface area is 96.3 Å². The summed E-state index contributed by atoms with van der Waals surface area (Å²) in [5, 5.41) is 0. The van der Waals surface area contributed by atoms with E-state index in [-0.39, 0.29) is 5.82 Å². The highest BCUT2D eigenvalue weighted by atomic mass is 35.5. The minimum absolute atomic E-state index is 0.327. The largest absolute Gasteiger partial charge is 0.399 e. The van der Waals surface area contributed by atoms with Crippen LogP contribution in [0.15, 0.2) is 24.3 Å². The summed E-state index contributed by atoms with van der Waals surface area (Å²) in [4.78, 5) is 0.934. The van der Waals surface area contributed by atoms with E-state index in [9.17, 15) is 4.39 Å². The lowest BCUT2D eigenvalue weighted by atomic mass is 10.1. The number of anilines is 1. The molecule has 0 radical (unpaired) electrons. The van der Waals surface area contributed by atoms with Crippen LogP contribution >= 0.6 is 22.9 Å². The van der Waals surface area contributed by atoms with E-state index in [1.165, 1.54) is 23.5 Å². The van der Waals surface area contributed by atoms with Gasteiger partial charge >= 0.3 is 0 Å². The number of nitrogens with two attached hydrogens (primary N) is 1. The van der Waals surface area contributed by atoms with E-state index in [4.69, 9.17) is 17.3 Å². The highest BCUT2D eigenvalue weighted by Crippen LogP contribution is 2.35. The predicted molar refractivity (Wildman–Crippen MR) is 63.9 cm³/mol. The van der Waals surface area contributed by atoms with Crippen LogP contribution in [0.1, 0.15) is 5.56 Å². The van der Waals surface area contributed by atoms with Crippen molar-refractivity contribution in [1.82, 2.24) is 0 Å². The van der Waals surface area contributed by atoms with Crippen LogP contribution in [0.5, 0.6) is 0 Å². The van der Waals surface area contributed by atoms with Gasteiger partial charge in [0.2, 0.25) is 0 Å². The molecule has 0 atom stereocenters. The van der Waals surface area contributed by atoms with Gasteiger partial charge in [-0.2, -0.15) is 0 Å². The number of aryl methyl sites for hydroxylation is 1. The summed E-state index contributed by atoms with van der Waals surface area (Å²) in [6.07, 6.45) is 0. The van der Waals surface area contributed by atoms with Gasteiger partial charge in [0.25, 0.3) is 0 Å². The van der Waals surface area contributed by atoms with Gasteiger partial charge in [-0.1, -0.05) is 11.6 Å². The Balaban J connectivity index is 2.53. The Morgan fingerprint density at radius 2 is 2.00 bits per heavy atom. The summed E-state index contributed by atoms with van der Waals surface area (Å²) < 4.78 is 13.8. The van der Waals surface area contributed by atoms with Crippen LogP contribution in [0.4, 0.5) is 10.1 Å². The first-order valence-electron chi connectivity index (χ1n) is 4.38. The fourth-order valence-corrected chi connectivity index (χ4v) is 2.55. The van der Waals surface area contributed by atoms with Crippen molar-refractivity contribution in [3.05, 3.63) is 40.0 Å². The minimum atomic E-state index is -0.327. The van der Waals surface area contributed by atoms with Crippen molar-refractivity contribution >= 4 is 28.6 Å². The zero-order valence-electron chi connectivity index (χ0n) is 8.05. The highest BCUT2D eigenvalue weighted by Gasteiger charge is 2.07. The van der Waals surface area contributed by atoms with Crippen molar-refractivity contribution in [2.24, 2.45) is 0 Å². The Morgan fingerprint density at radius 1 is 1.27 bits per heavy atom. The second kappa shape index (κ2) is 3.83. The van der Waals surface area contributed by atoms with Crippen LogP contribution in [-0.4, -0.2) is 0 Å². The minimum Gasteiger partial charge on any atom is -0.399 e. The van der Waals surface area contributed by atoms with Crippen LogP contribution in [-0.2, 0) is 0 Å². The first-order chi connectivity index (χ1) is 7.06. The molecule has 0 unspecified atom stereocenters. The third-order valence-corrected chi connectivity index (χ3v) is 3.67. The Hall–Kier alpha value is -1.06. The lowest BCUT2D eigenvalue weighted by Gasteiger charge is -1.99. The molecule has 0 bridgehead atoms. The molecule has 2 rings (SSSR count). The molecule has 1 aromatic heterocycles. The molecule has 0 saturated carbocycles. The molecule has 1 nitrogen and oxygen atoms in total. The molecule has 0 amide bonds. The lowest BCUT2D eigenvalue weighted by molar-refractivity contribution is 0.629. The van der Waals surface area contributed by atoms with Crippen LogP contribution in [0.3, 0.4) is 0 Å². The van der Waals surface area contributed by atoms with Gasteiger partial charge in [0.05, 0.1) is 4.34 Å². The molecule has 78 valence electrons. The number of nitrogen functional groups attached to an aromatic ring is 1. The van der Waals surface area contributed by atoms with Gasteiger partial charge in [-0.05, 0) is 42.3 Å². The van der Waals surface area contributed by atoms with E-state index in [0.29, 0.717) is 5.69 Å². The van der Waals surface area contributed by atoms with Gasteiger partial charge < -0.3 is 5.73 Å². The first-order valence-corrected chi connectivity index (χ1v) is 5.58. The molecule has 1 heterocycles. The summed E-state index contributed by atoms with van der Waals surface area (Å²) in [7, 11) is 0. The fraction of sp³-hybridized carbons (Fsp3) is 0.0909. The third kappa shape index (κ3) is 2.13. The Kier molecular flexibility index (Phi) is 2.67. The molecule has 15 heavy (non-hydrogen) atoms. The van der Waals surface area contributed by atoms with E-state index < -0.39 is 0 Å². The summed E-state index contributed by atoms with van der Waals surface area (Å²) in [6, 6.07) is 6.43. The van der Waals surface area contributed by atoms with Crippen LogP contribution < -0.4 is 5.73 Å². The summed E-state index contributed by atoms with van der Waals surface area (Å²) >= 11 is 7.38. The van der Waals surface area contributed by atoms with Crippen LogP contribution in [0.2, 0.25) is 4.34 Å². The van der Waals surface area contributed by atoms with E-state index in [1.54, 1.807) is 6.07 Å². The maximum absolute atomic E-state index is 13.1. The normalized spacial score (nSPS) is 10.6. The summed E-state index contributed by atoms with van der Waals surface area (Å²) in [5.41, 5.74) is 7.77. The van der Waals surface area contributed by atoms with Crippen molar-refractivity contribution in [3.63, 3.8) is 0 Å². The summed E-state index contributed by atoms with van der Waals surface area (Å²) in [5.74, 6) is -0.327. The maximum Gasteiger partial charge on any atom is 0.125 e. The van der Waals surface area contributed by atoms with Crippen LogP contribution in [0.25, 0.3) is 10.4 Å². The zero-order chi connectivity index (χ0) is 11.0. The average molecular weight is 242 g/mol. The molecule has 4 heteroatoms. The standard InChI is InChI=1S/C11H9ClFNS/c1-6-2-10(15-11(6)12)7-3-8(13)5-9(14)4-7/h2-5H,14H2,1H3. The van der Waals surface area contributed by atoms with E-state index in [1.807, 2.05) is 13.0 Å². The molecule has 2 N–H and O–H groups in total. The monoisotopic (exact) mass is 241 g/mol. The Morgan fingerprint density at radius 3 is 2.53 bits per heavy atom. The second-order valence-corrected chi connectivity index (χ2v) is 4.99. The number of hydrogen-bond acceptors (Lipinski definition) is 2. The molecule has 0 fully saturated rings. The number of hydrogen-bond donors (Lipinski definition) is 1. The number of thiophene rings is 1. The molecule has 2 aromatic rings. The zero-order valence-corrected chi connectivity index (χ0v) is 9.62. The number of halogens is 2. The average Bonchev–Trinajstić information content (AvgIpc) is 2.45. The third-order valence-electron chi connectivity index (χ3n) is 2.06. The molecular weight excluding hydrogens is 233 g/mol. The Bertz CT molecular complexity index is 468. The molecule has 1 aromatic carbocycles. The molecule has 0 aliphatic carbocycles. The van der Waals surface area contributed by atoms with Crippen molar-refractivity contribution in [3.8, 4) is 10.4 Å². The molecule has 0 spiro atoms. The van der Waals surface area contributed by atoms with Gasteiger partial charge in [-0.15, -0.1) is 11.3 Å². The van der Waals surface area contributed by atoms with Gasteiger partial charge in [0.15, 0.2) is 0 Å². The predicted octanol–water partition coefficient (Wildman–Crippen LogP) is 4.10. The van der Waals surface area contributed by atoms with E-state index >= 15 is 0 Å². The smallest absolute Gasteiger partial charge is 0.125 e. The molecule has 0 saturated heterocycles. The van der Waals surface area contributed by atoms with E-state index in [0.717, 1.165) is 20.3 Å². The summed E-state index contributed by atoms with van der Waals surface area (Å²) in [6.45, 7) is 1.92. The maximum atomic E-state index is 13.1. The highest BCUT2D eigenvalue weighted by molar-refractivity contribution is 7.19. The quantitative estimate of drug-likeness (QED) is 0.748. The van der Waals surface area contributed by atoms with Crippen molar-refractivity contribution in [2.45, 2.75) is 6.92 Å². The van der Waals surface area contributed by atoms with Gasteiger partial charge in [-0.25, -0.2) is 4.39 Å².